The lowest BCUT2D eigenvalue weighted by molar-refractivity contribution is -0.384. The number of hydrazone groups is 1. The largest absolute Gasteiger partial charge is 0.484 e. The Morgan fingerprint density at radius 1 is 1.31 bits per heavy atom. The van der Waals surface area contributed by atoms with Gasteiger partial charge in [0, 0.05) is 22.7 Å². The van der Waals surface area contributed by atoms with Crippen molar-refractivity contribution in [1.29, 1.82) is 0 Å². The topological polar surface area (TPSA) is 93.8 Å². The molecule has 0 heterocycles. The number of benzene rings is 2. The summed E-state index contributed by atoms with van der Waals surface area (Å²) in [6, 6.07) is 11.4. The molecule has 0 aliphatic carbocycles. The lowest BCUT2D eigenvalue weighted by Gasteiger charge is -2.08. The van der Waals surface area contributed by atoms with Gasteiger partial charge in [0.15, 0.2) is 6.61 Å². The number of nitro benzene ring substituents is 1. The van der Waals surface area contributed by atoms with E-state index < -0.39 is 10.8 Å². The zero-order chi connectivity index (χ0) is 19.1. The van der Waals surface area contributed by atoms with E-state index in [1.165, 1.54) is 30.0 Å². The minimum atomic E-state index is -0.537. The Bertz CT molecular complexity index is 820. The van der Waals surface area contributed by atoms with E-state index in [9.17, 15) is 14.9 Å². The molecule has 0 bridgehead atoms. The summed E-state index contributed by atoms with van der Waals surface area (Å²) >= 11 is 5.94. The lowest BCUT2D eigenvalue weighted by atomic mass is 10.0. The number of rotatable bonds is 7. The Kier molecular flexibility index (Phi) is 6.68. The van der Waals surface area contributed by atoms with Crippen molar-refractivity contribution in [2.45, 2.75) is 19.8 Å². The van der Waals surface area contributed by atoms with E-state index in [4.69, 9.17) is 16.3 Å². The molecule has 0 atom stereocenters. The number of nitrogens with one attached hydrogen (secondary N) is 1. The molecule has 136 valence electrons. The van der Waals surface area contributed by atoms with Gasteiger partial charge in [-0.2, -0.15) is 5.10 Å². The Morgan fingerprint density at radius 3 is 2.62 bits per heavy atom. The molecular weight excluding hydrogens is 358 g/mol. The average Bonchev–Trinajstić information content (AvgIpc) is 2.61. The van der Waals surface area contributed by atoms with Crippen LogP contribution in [0.5, 0.6) is 5.75 Å². The summed E-state index contributed by atoms with van der Waals surface area (Å²) in [6.07, 6.45) is 1.24. The summed E-state index contributed by atoms with van der Waals surface area (Å²) in [5.41, 5.74) is 3.67. The number of non-ortho nitro benzene ring substituents is 1. The van der Waals surface area contributed by atoms with Gasteiger partial charge in [0.05, 0.1) is 11.1 Å². The van der Waals surface area contributed by atoms with E-state index in [2.05, 4.69) is 24.4 Å². The molecular formula is C18H18ClN3O4. The fraction of sp³-hybridized carbons (Fsp3) is 0.222. The molecule has 2 rings (SSSR count). The molecule has 0 spiro atoms. The van der Waals surface area contributed by atoms with Gasteiger partial charge in [-0.05, 0) is 29.7 Å². The van der Waals surface area contributed by atoms with Crippen molar-refractivity contribution in [1.82, 2.24) is 5.43 Å². The highest BCUT2D eigenvalue weighted by Gasteiger charge is 2.08. The third-order valence-corrected chi connectivity index (χ3v) is 3.84. The smallest absolute Gasteiger partial charge is 0.277 e. The van der Waals surface area contributed by atoms with Gasteiger partial charge in [-0.25, -0.2) is 5.43 Å². The fourth-order valence-corrected chi connectivity index (χ4v) is 2.21. The predicted octanol–water partition coefficient (Wildman–Crippen LogP) is 3.90. The minimum absolute atomic E-state index is 0.115. The van der Waals surface area contributed by atoms with Gasteiger partial charge in [-0.1, -0.05) is 37.6 Å². The van der Waals surface area contributed by atoms with Crippen molar-refractivity contribution < 1.29 is 14.5 Å². The van der Waals surface area contributed by atoms with Crippen molar-refractivity contribution in [3.8, 4) is 5.75 Å². The summed E-state index contributed by atoms with van der Waals surface area (Å²) in [5, 5.41) is 14.8. The Hall–Kier alpha value is -2.93. The van der Waals surface area contributed by atoms with Gasteiger partial charge < -0.3 is 4.74 Å². The SMILES string of the molecule is CC(C)c1ccc(OCC(=O)NN=Cc2cc([N+](=O)[O-])ccc2Cl)cc1. The van der Waals surface area contributed by atoms with Crippen LogP contribution in [0.2, 0.25) is 5.02 Å². The highest BCUT2D eigenvalue weighted by atomic mass is 35.5. The summed E-state index contributed by atoms with van der Waals surface area (Å²) in [7, 11) is 0. The van der Waals surface area contributed by atoms with E-state index in [0.717, 1.165) is 0 Å². The van der Waals surface area contributed by atoms with Gasteiger partial charge in [0.25, 0.3) is 11.6 Å². The third-order valence-electron chi connectivity index (χ3n) is 3.50. The number of hydrogen-bond donors (Lipinski definition) is 1. The minimum Gasteiger partial charge on any atom is -0.484 e. The highest BCUT2D eigenvalue weighted by Crippen LogP contribution is 2.20. The first-order valence-corrected chi connectivity index (χ1v) is 8.23. The molecule has 0 unspecified atom stereocenters. The van der Waals surface area contributed by atoms with E-state index in [1.807, 2.05) is 12.1 Å². The lowest BCUT2D eigenvalue weighted by Crippen LogP contribution is -2.24. The molecule has 0 aromatic heterocycles. The second kappa shape index (κ2) is 8.96. The molecule has 0 aliphatic rings. The maximum absolute atomic E-state index is 11.8. The van der Waals surface area contributed by atoms with Crippen LogP contribution < -0.4 is 10.2 Å². The first-order valence-electron chi connectivity index (χ1n) is 7.85. The van der Waals surface area contributed by atoms with E-state index in [-0.39, 0.29) is 17.3 Å². The number of halogens is 1. The Morgan fingerprint density at radius 2 is 2.00 bits per heavy atom. The first kappa shape index (κ1) is 19.4. The molecule has 2 aromatic carbocycles. The first-order chi connectivity index (χ1) is 12.4. The van der Waals surface area contributed by atoms with Crippen molar-refractivity contribution in [3.63, 3.8) is 0 Å². The van der Waals surface area contributed by atoms with Crippen molar-refractivity contribution in [2.75, 3.05) is 6.61 Å². The number of amides is 1. The summed E-state index contributed by atoms with van der Waals surface area (Å²) in [6.45, 7) is 3.98. The number of carbonyl (C=O) groups excluding carboxylic acids is 1. The van der Waals surface area contributed by atoms with E-state index in [0.29, 0.717) is 17.2 Å². The molecule has 0 fully saturated rings. The third kappa shape index (κ3) is 5.56. The summed E-state index contributed by atoms with van der Waals surface area (Å²) in [5.74, 6) is 0.535. The van der Waals surface area contributed by atoms with Crippen LogP contribution in [-0.2, 0) is 4.79 Å². The zero-order valence-electron chi connectivity index (χ0n) is 14.3. The molecule has 1 N–H and O–H groups in total. The zero-order valence-corrected chi connectivity index (χ0v) is 15.1. The average molecular weight is 376 g/mol. The fourth-order valence-electron chi connectivity index (χ4n) is 2.05. The predicted molar refractivity (Wildman–Crippen MR) is 99.9 cm³/mol. The van der Waals surface area contributed by atoms with Crippen LogP contribution in [0.4, 0.5) is 5.69 Å². The molecule has 0 aliphatic heterocycles. The summed E-state index contributed by atoms with van der Waals surface area (Å²) in [4.78, 5) is 22.0. The second-order valence-electron chi connectivity index (χ2n) is 5.77. The highest BCUT2D eigenvalue weighted by molar-refractivity contribution is 6.33. The van der Waals surface area contributed by atoms with Crippen LogP contribution in [0.25, 0.3) is 0 Å². The maximum Gasteiger partial charge on any atom is 0.277 e. The summed E-state index contributed by atoms with van der Waals surface area (Å²) < 4.78 is 5.38. The maximum atomic E-state index is 11.8. The number of nitrogens with zero attached hydrogens (tertiary/aromatic N) is 2. The molecule has 1 amide bonds. The van der Waals surface area contributed by atoms with Crippen molar-refractivity contribution in [3.05, 3.63) is 68.7 Å². The second-order valence-corrected chi connectivity index (χ2v) is 6.18. The molecule has 2 aromatic rings. The van der Waals surface area contributed by atoms with E-state index in [1.54, 1.807) is 12.1 Å². The Balaban J connectivity index is 1.87. The van der Waals surface area contributed by atoms with Crippen LogP contribution in [0.1, 0.15) is 30.9 Å². The van der Waals surface area contributed by atoms with Crippen molar-refractivity contribution in [2.24, 2.45) is 5.10 Å². The monoisotopic (exact) mass is 375 g/mol. The van der Waals surface area contributed by atoms with Crippen LogP contribution >= 0.6 is 11.6 Å². The Labute approximate surface area is 155 Å². The molecule has 8 heteroatoms. The van der Waals surface area contributed by atoms with Crippen LogP contribution in [0, 0.1) is 10.1 Å². The standard InChI is InChI=1S/C18H18ClN3O4/c1-12(2)13-3-6-16(7-4-13)26-11-18(23)21-20-10-14-9-15(22(24)25)5-8-17(14)19/h3-10,12H,11H2,1-2H3,(H,21,23). The van der Waals surface area contributed by atoms with Gasteiger partial charge in [-0.15, -0.1) is 0 Å². The molecule has 0 saturated carbocycles. The molecule has 0 radical (unpaired) electrons. The number of carbonyl (C=O) groups is 1. The molecule has 0 saturated heterocycles. The molecule has 7 nitrogen and oxygen atoms in total. The van der Waals surface area contributed by atoms with Crippen LogP contribution in [-0.4, -0.2) is 23.7 Å². The normalized spacial score (nSPS) is 10.9. The number of nitro groups is 1. The van der Waals surface area contributed by atoms with E-state index >= 15 is 0 Å². The van der Waals surface area contributed by atoms with Gasteiger partial charge in [0.1, 0.15) is 5.75 Å². The van der Waals surface area contributed by atoms with Crippen LogP contribution in [0.3, 0.4) is 0 Å². The van der Waals surface area contributed by atoms with Gasteiger partial charge in [-0.3, -0.25) is 14.9 Å². The van der Waals surface area contributed by atoms with Crippen molar-refractivity contribution >= 4 is 29.4 Å². The number of ether oxygens (including phenoxy) is 1. The van der Waals surface area contributed by atoms with Gasteiger partial charge in [0.2, 0.25) is 0 Å². The quantitative estimate of drug-likeness (QED) is 0.451. The van der Waals surface area contributed by atoms with Gasteiger partial charge >= 0.3 is 0 Å². The number of hydrogen-bond acceptors (Lipinski definition) is 5. The molecule has 26 heavy (non-hydrogen) atoms. The van der Waals surface area contributed by atoms with Crippen LogP contribution in [0.15, 0.2) is 47.6 Å².